The largest absolute Gasteiger partial charge is 0.756 e. The monoisotopic (exact) mass is 1120 g/mol. The molecule has 2 atom stereocenters. The summed E-state index contributed by atoms with van der Waals surface area (Å²) in [4.78, 5) is 37.8. The number of hydrogen-bond donors (Lipinski definition) is 0. The Morgan fingerprint density at radius 3 is 1.01 bits per heavy atom. The van der Waals surface area contributed by atoms with Gasteiger partial charge in [-0.25, -0.2) is 0 Å². The third kappa shape index (κ3) is 63.7. The number of allylic oxidation sites excluding steroid dienone is 4. The van der Waals surface area contributed by atoms with Gasteiger partial charge >= 0.3 is 11.9 Å². The zero-order chi connectivity index (χ0) is 57.0. The van der Waals surface area contributed by atoms with Gasteiger partial charge in [0.2, 0.25) is 0 Å². The minimum absolute atomic E-state index is 0.0263. The molecule has 0 radical (unpaired) electrons. The Kier molecular flexibility index (Phi) is 58.9. The Labute approximate surface area is 485 Å². The first-order valence-electron chi connectivity index (χ1n) is 34.0. The lowest BCUT2D eigenvalue weighted by molar-refractivity contribution is -0.870. The third-order valence-electron chi connectivity index (χ3n) is 15.5. The van der Waals surface area contributed by atoms with E-state index in [1.807, 2.05) is 21.1 Å². The molecule has 0 fully saturated rings. The predicted octanol–water partition coefficient (Wildman–Crippen LogP) is 21.1. The number of phosphoric acid groups is 1. The Bertz CT molecular complexity index is 1370. The second-order valence-corrected chi connectivity index (χ2v) is 26.0. The maximum absolute atomic E-state index is 12.8. The fourth-order valence-corrected chi connectivity index (χ4v) is 10.9. The molecule has 10 heteroatoms. The summed E-state index contributed by atoms with van der Waals surface area (Å²) in [5.74, 6) is -0.813. The molecule has 0 aromatic rings. The van der Waals surface area contributed by atoms with E-state index in [9.17, 15) is 19.0 Å². The van der Waals surface area contributed by atoms with Crippen LogP contribution in [0.4, 0.5) is 0 Å². The van der Waals surface area contributed by atoms with Gasteiger partial charge in [-0.2, -0.15) is 0 Å². The molecule has 0 rings (SSSR count). The van der Waals surface area contributed by atoms with Gasteiger partial charge in [0, 0.05) is 12.8 Å². The topological polar surface area (TPSA) is 111 Å². The summed E-state index contributed by atoms with van der Waals surface area (Å²) < 4.78 is 34.2. The molecule has 0 aromatic heterocycles. The lowest BCUT2D eigenvalue weighted by Gasteiger charge is -2.28. The van der Waals surface area contributed by atoms with Gasteiger partial charge < -0.3 is 27.9 Å². The van der Waals surface area contributed by atoms with Crippen molar-refractivity contribution in [2.24, 2.45) is 0 Å². The number of ether oxygens (including phenoxy) is 2. The molecule has 0 spiro atoms. The number of carbonyl (C=O) groups is 2. The van der Waals surface area contributed by atoms with E-state index >= 15 is 0 Å². The summed E-state index contributed by atoms with van der Waals surface area (Å²) in [7, 11) is 1.19. The Balaban J connectivity index is 3.81. The maximum atomic E-state index is 12.8. The predicted molar refractivity (Wildman–Crippen MR) is 333 cm³/mol. The molecule has 462 valence electrons. The Morgan fingerprint density at radius 2 is 0.692 bits per heavy atom. The van der Waals surface area contributed by atoms with E-state index in [0.717, 1.165) is 38.5 Å². The van der Waals surface area contributed by atoms with Gasteiger partial charge in [0.1, 0.15) is 19.8 Å². The zero-order valence-corrected chi connectivity index (χ0v) is 53.5. The standard InChI is InChI=1S/C68H132NO8P/c1-6-8-10-12-14-16-18-20-21-22-23-24-25-26-27-28-29-30-31-32-33-34-35-36-37-38-39-40-41-42-43-44-45-46-47-49-51-53-55-57-59-61-68(71)77-66(65-76-78(72,73)75-63-62-69(3,4)5)64-74-67(70)60-58-56-54-52-50-48-19-17-15-13-11-9-7-2/h18,20,22-23,66H,6-17,19,21,24-65H2,1-5H3/b20-18-,23-22-. The molecular formula is C68H132NO8P. The average Bonchev–Trinajstić information content (AvgIpc) is 3.40. The van der Waals surface area contributed by atoms with Crippen LogP contribution in [-0.2, 0) is 32.7 Å². The molecule has 0 aliphatic heterocycles. The minimum Gasteiger partial charge on any atom is -0.756 e. The third-order valence-corrected chi connectivity index (χ3v) is 16.4. The number of carbonyl (C=O) groups excluding carboxylic acids is 2. The van der Waals surface area contributed by atoms with Gasteiger partial charge in [-0.3, -0.25) is 14.2 Å². The molecule has 78 heavy (non-hydrogen) atoms. The van der Waals surface area contributed by atoms with Crippen LogP contribution in [-0.4, -0.2) is 70.0 Å². The SMILES string of the molecule is CCCCCCC/C=C\C/C=C\CCCCCCCCCCCCCCCCCCCCCCCCCCCCCCCC(=O)OC(COC(=O)CCCCCCCCCCCCCCC)COP(=O)([O-])OCC[N+](C)(C)C. The number of esters is 2. The van der Waals surface area contributed by atoms with Crippen LogP contribution in [0.3, 0.4) is 0 Å². The highest BCUT2D eigenvalue weighted by molar-refractivity contribution is 7.45. The first-order chi connectivity index (χ1) is 38.0. The van der Waals surface area contributed by atoms with Crippen molar-refractivity contribution < 1.29 is 42.1 Å². The number of phosphoric ester groups is 1. The molecule has 0 heterocycles. The van der Waals surface area contributed by atoms with E-state index in [1.54, 1.807) is 0 Å². The molecule has 9 nitrogen and oxygen atoms in total. The van der Waals surface area contributed by atoms with E-state index in [0.29, 0.717) is 17.4 Å². The average molecular weight is 1120 g/mol. The van der Waals surface area contributed by atoms with Gasteiger partial charge in [-0.1, -0.05) is 314 Å². The first kappa shape index (κ1) is 76.5. The van der Waals surface area contributed by atoms with Crippen molar-refractivity contribution >= 4 is 19.8 Å². The highest BCUT2D eigenvalue weighted by Crippen LogP contribution is 2.38. The smallest absolute Gasteiger partial charge is 0.306 e. The van der Waals surface area contributed by atoms with E-state index in [-0.39, 0.29) is 32.0 Å². The number of unbranched alkanes of at least 4 members (excludes halogenated alkanes) is 46. The number of nitrogens with zero attached hydrogens (tertiary/aromatic N) is 1. The van der Waals surface area contributed by atoms with E-state index < -0.39 is 26.5 Å². The quantitative estimate of drug-likeness (QED) is 0.0195. The highest BCUT2D eigenvalue weighted by atomic mass is 31.2. The van der Waals surface area contributed by atoms with Gasteiger partial charge in [0.05, 0.1) is 27.7 Å². The van der Waals surface area contributed by atoms with Crippen LogP contribution in [0.1, 0.15) is 348 Å². The lowest BCUT2D eigenvalue weighted by Crippen LogP contribution is -2.37. The molecule has 0 aromatic carbocycles. The van der Waals surface area contributed by atoms with Crippen LogP contribution in [0.2, 0.25) is 0 Å². The highest BCUT2D eigenvalue weighted by Gasteiger charge is 2.22. The molecule has 0 aliphatic carbocycles. The van der Waals surface area contributed by atoms with Crippen molar-refractivity contribution in [3.63, 3.8) is 0 Å². The fraction of sp³-hybridized carbons (Fsp3) is 0.912. The van der Waals surface area contributed by atoms with Crippen LogP contribution < -0.4 is 4.89 Å². The molecule has 0 N–H and O–H groups in total. The summed E-state index contributed by atoms with van der Waals surface area (Å²) in [5.41, 5.74) is 0. The van der Waals surface area contributed by atoms with Crippen LogP contribution >= 0.6 is 7.82 Å². The zero-order valence-electron chi connectivity index (χ0n) is 52.6. The van der Waals surface area contributed by atoms with Crippen LogP contribution in [0.25, 0.3) is 0 Å². The second-order valence-electron chi connectivity index (χ2n) is 24.6. The normalized spacial score (nSPS) is 13.3. The lowest BCUT2D eigenvalue weighted by atomic mass is 10.0. The second kappa shape index (κ2) is 60.1. The molecule has 0 bridgehead atoms. The number of quaternary nitrogens is 1. The van der Waals surface area contributed by atoms with Crippen molar-refractivity contribution in [1.82, 2.24) is 0 Å². The molecule has 0 saturated carbocycles. The van der Waals surface area contributed by atoms with E-state index in [1.165, 1.54) is 276 Å². The number of likely N-dealkylation sites (N-methyl/N-ethyl adjacent to an activating group) is 1. The summed E-state index contributed by atoms with van der Waals surface area (Å²) in [5, 5.41) is 0. The fourth-order valence-electron chi connectivity index (χ4n) is 10.2. The van der Waals surface area contributed by atoms with Crippen molar-refractivity contribution in [2.75, 3.05) is 47.5 Å². The van der Waals surface area contributed by atoms with Crippen LogP contribution in [0.5, 0.6) is 0 Å². The summed E-state index contributed by atoms with van der Waals surface area (Å²) in [6.07, 6.45) is 74.3. The molecule has 0 amide bonds. The van der Waals surface area contributed by atoms with Crippen molar-refractivity contribution in [1.29, 1.82) is 0 Å². The van der Waals surface area contributed by atoms with Gasteiger partial charge in [-0.15, -0.1) is 0 Å². The number of hydrogen-bond acceptors (Lipinski definition) is 8. The van der Waals surface area contributed by atoms with Gasteiger partial charge in [-0.05, 0) is 44.9 Å². The van der Waals surface area contributed by atoms with Crippen LogP contribution in [0.15, 0.2) is 24.3 Å². The van der Waals surface area contributed by atoms with Gasteiger partial charge in [0.25, 0.3) is 7.82 Å². The molecular weight excluding hydrogens is 990 g/mol. The maximum Gasteiger partial charge on any atom is 0.306 e. The first-order valence-corrected chi connectivity index (χ1v) is 35.5. The number of rotatable bonds is 64. The Morgan fingerprint density at radius 1 is 0.397 bits per heavy atom. The minimum atomic E-state index is -4.63. The van der Waals surface area contributed by atoms with E-state index in [4.69, 9.17) is 18.5 Å². The van der Waals surface area contributed by atoms with Crippen LogP contribution in [0, 0.1) is 0 Å². The van der Waals surface area contributed by atoms with Gasteiger partial charge in [0.15, 0.2) is 6.10 Å². The van der Waals surface area contributed by atoms with E-state index in [2.05, 4.69) is 38.2 Å². The van der Waals surface area contributed by atoms with Crippen molar-refractivity contribution in [3.8, 4) is 0 Å². The summed E-state index contributed by atoms with van der Waals surface area (Å²) in [6, 6.07) is 0. The molecule has 0 aliphatic rings. The van der Waals surface area contributed by atoms with Crippen molar-refractivity contribution in [2.45, 2.75) is 354 Å². The summed E-state index contributed by atoms with van der Waals surface area (Å²) >= 11 is 0. The summed E-state index contributed by atoms with van der Waals surface area (Å²) in [6.45, 7) is 4.28. The van der Waals surface area contributed by atoms with Crippen molar-refractivity contribution in [3.05, 3.63) is 24.3 Å². The molecule has 0 saturated heterocycles. The Hall–Kier alpha value is -1.51. The molecule has 2 unspecified atom stereocenters.